The summed E-state index contributed by atoms with van der Waals surface area (Å²) in [6.45, 7) is 2.53. The van der Waals surface area contributed by atoms with E-state index in [9.17, 15) is 0 Å². The highest BCUT2D eigenvalue weighted by Crippen LogP contribution is 2.08. The first kappa shape index (κ1) is 12.6. The summed E-state index contributed by atoms with van der Waals surface area (Å²) >= 11 is 0. The summed E-state index contributed by atoms with van der Waals surface area (Å²) in [6.07, 6.45) is 4.69. The summed E-state index contributed by atoms with van der Waals surface area (Å²) in [4.78, 5) is 4.07. The van der Waals surface area contributed by atoms with Crippen LogP contribution in [0.5, 0.6) is 5.75 Å². The lowest BCUT2D eigenvalue weighted by Crippen LogP contribution is -2.18. The van der Waals surface area contributed by atoms with Crippen LogP contribution in [0.1, 0.15) is 12.1 Å². The number of ether oxygens (including phenoxy) is 1. The molecule has 96 valence electrons. The lowest BCUT2D eigenvalue weighted by atomic mass is 10.3. The number of hydrogen-bond donors (Lipinski definition) is 1. The van der Waals surface area contributed by atoms with Crippen molar-refractivity contribution in [2.75, 3.05) is 13.2 Å². The third-order valence-electron chi connectivity index (χ3n) is 2.73. The molecule has 1 N–H and O–H groups in total. The van der Waals surface area contributed by atoms with E-state index in [2.05, 4.69) is 10.3 Å². The van der Waals surface area contributed by atoms with E-state index in [1.807, 2.05) is 54.5 Å². The predicted molar refractivity (Wildman–Crippen MR) is 71.5 cm³/mol. The van der Waals surface area contributed by atoms with Crippen LogP contribution in [0.15, 0.2) is 42.9 Å². The van der Waals surface area contributed by atoms with E-state index in [0.29, 0.717) is 0 Å². The van der Waals surface area contributed by atoms with E-state index >= 15 is 0 Å². The zero-order valence-electron chi connectivity index (χ0n) is 10.7. The molecule has 0 spiro atoms. The van der Waals surface area contributed by atoms with Gasteiger partial charge in [-0.1, -0.05) is 18.2 Å². The maximum atomic E-state index is 5.61. The molecule has 0 unspecified atom stereocenters. The van der Waals surface area contributed by atoms with Gasteiger partial charge < -0.3 is 14.6 Å². The average Bonchev–Trinajstić information content (AvgIpc) is 2.81. The lowest BCUT2D eigenvalue weighted by Gasteiger charge is -2.07. The van der Waals surface area contributed by atoms with Crippen molar-refractivity contribution in [1.82, 2.24) is 14.9 Å². The molecule has 18 heavy (non-hydrogen) atoms. The molecule has 0 radical (unpaired) electrons. The van der Waals surface area contributed by atoms with E-state index < -0.39 is 0 Å². The topological polar surface area (TPSA) is 39.1 Å². The van der Waals surface area contributed by atoms with Gasteiger partial charge in [0.15, 0.2) is 0 Å². The van der Waals surface area contributed by atoms with Crippen LogP contribution in [0.4, 0.5) is 0 Å². The second-order valence-corrected chi connectivity index (χ2v) is 4.19. The third-order valence-corrected chi connectivity index (χ3v) is 2.73. The largest absolute Gasteiger partial charge is 0.494 e. The van der Waals surface area contributed by atoms with Crippen LogP contribution in [-0.2, 0) is 13.6 Å². The molecule has 0 saturated carbocycles. The Morgan fingerprint density at radius 2 is 2.11 bits per heavy atom. The molecule has 4 nitrogen and oxygen atoms in total. The monoisotopic (exact) mass is 245 g/mol. The third kappa shape index (κ3) is 3.89. The first-order valence-corrected chi connectivity index (χ1v) is 6.20. The van der Waals surface area contributed by atoms with Crippen LogP contribution in [0.2, 0.25) is 0 Å². The van der Waals surface area contributed by atoms with E-state index in [-0.39, 0.29) is 0 Å². The fourth-order valence-corrected chi connectivity index (χ4v) is 1.68. The Morgan fingerprint density at radius 3 is 2.83 bits per heavy atom. The van der Waals surface area contributed by atoms with Crippen molar-refractivity contribution in [3.05, 3.63) is 48.5 Å². The maximum absolute atomic E-state index is 5.61. The molecule has 0 fully saturated rings. The van der Waals surface area contributed by atoms with Gasteiger partial charge in [0.1, 0.15) is 5.75 Å². The van der Waals surface area contributed by atoms with Crippen molar-refractivity contribution < 1.29 is 4.74 Å². The molecule has 1 aromatic heterocycles. The van der Waals surface area contributed by atoms with E-state index in [1.165, 1.54) is 5.69 Å². The van der Waals surface area contributed by atoms with Gasteiger partial charge in [-0.05, 0) is 25.1 Å². The number of rotatable bonds is 7. The van der Waals surface area contributed by atoms with Crippen LogP contribution < -0.4 is 10.1 Å². The molecule has 2 rings (SSSR count). The number of para-hydroxylation sites is 1. The van der Waals surface area contributed by atoms with Crippen molar-refractivity contribution in [2.45, 2.75) is 13.0 Å². The highest BCUT2D eigenvalue weighted by Gasteiger charge is 1.97. The van der Waals surface area contributed by atoms with E-state index in [4.69, 9.17) is 4.74 Å². The number of aryl methyl sites for hydroxylation is 1. The van der Waals surface area contributed by atoms with Crippen molar-refractivity contribution in [3.63, 3.8) is 0 Å². The Bertz CT molecular complexity index is 453. The fraction of sp³-hybridized carbons (Fsp3) is 0.357. The van der Waals surface area contributed by atoms with Gasteiger partial charge in [-0.25, -0.2) is 4.98 Å². The predicted octanol–water partition coefficient (Wildman–Crippen LogP) is 1.98. The summed E-state index contributed by atoms with van der Waals surface area (Å²) in [5, 5.41) is 3.37. The molecule has 1 heterocycles. The van der Waals surface area contributed by atoms with Gasteiger partial charge in [0.25, 0.3) is 0 Å². The molecule has 0 atom stereocenters. The number of imidazole rings is 1. The van der Waals surface area contributed by atoms with E-state index in [1.54, 1.807) is 0 Å². The summed E-state index contributed by atoms with van der Waals surface area (Å²) in [5.74, 6) is 0.934. The first-order chi connectivity index (χ1) is 8.86. The molecule has 0 aliphatic rings. The standard InChI is InChI=1S/C14H19N3O/c1-17-12-16-11-13(17)10-15-8-5-9-18-14-6-3-2-4-7-14/h2-4,6-7,11-12,15H,5,8-10H2,1H3. The SMILES string of the molecule is Cn1cncc1CNCCCOc1ccccc1. The smallest absolute Gasteiger partial charge is 0.119 e. The van der Waals surface area contributed by atoms with Crippen molar-refractivity contribution in [3.8, 4) is 5.75 Å². The van der Waals surface area contributed by atoms with Gasteiger partial charge in [0.05, 0.1) is 18.6 Å². The second-order valence-electron chi connectivity index (χ2n) is 4.19. The minimum atomic E-state index is 0.738. The Morgan fingerprint density at radius 1 is 1.28 bits per heavy atom. The highest BCUT2D eigenvalue weighted by molar-refractivity contribution is 5.20. The summed E-state index contributed by atoms with van der Waals surface area (Å²) in [7, 11) is 2.00. The van der Waals surface area contributed by atoms with Crippen molar-refractivity contribution >= 4 is 0 Å². The summed E-state index contributed by atoms with van der Waals surface area (Å²) < 4.78 is 7.63. The number of hydrogen-bond acceptors (Lipinski definition) is 3. The van der Waals surface area contributed by atoms with Gasteiger partial charge in [-0.15, -0.1) is 0 Å². The second kappa shape index (κ2) is 6.81. The lowest BCUT2D eigenvalue weighted by molar-refractivity contribution is 0.308. The Kier molecular flexibility index (Phi) is 4.78. The van der Waals surface area contributed by atoms with Gasteiger partial charge in [0.2, 0.25) is 0 Å². The molecule has 0 saturated heterocycles. The molecule has 0 aliphatic carbocycles. The van der Waals surface area contributed by atoms with Crippen LogP contribution in [0.25, 0.3) is 0 Å². The average molecular weight is 245 g/mol. The van der Waals surface area contributed by atoms with Gasteiger partial charge >= 0.3 is 0 Å². The Labute approximate surface area is 108 Å². The maximum Gasteiger partial charge on any atom is 0.119 e. The molecule has 4 heteroatoms. The van der Waals surface area contributed by atoms with Gasteiger partial charge in [-0.2, -0.15) is 0 Å². The van der Waals surface area contributed by atoms with Gasteiger partial charge in [-0.3, -0.25) is 0 Å². The highest BCUT2D eigenvalue weighted by atomic mass is 16.5. The van der Waals surface area contributed by atoms with Crippen molar-refractivity contribution in [2.24, 2.45) is 7.05 Å². The molecular formula is C14H19N3O. The van der Waals surface area contributed by atoms with Crippen LogP contribution in [0, 0.1) is 0 Å². The van der Waals surface area contributed by atoms with Crippen molar-refractivity contribution in [1.29, 1.82) is 0 Å². The van der Waals surface area contributed by atoms with Crippen LogP contribution in [0.3, 0.4) is 0 Å². The fourth-order valence-electron chi connectivity index (χ4n) is 1.68. The van der Waals surface area contributed by atoms with Crippen LogP contribution in [-0.4, -0.2) is 22.7 Å². The number of nitrogens with one attached hydrogen (secondary N) is 1. The quantitative estimate of drug-likeness (QED) is 0.758. The molecule has 0 amide bonds. The zero-order chi connectivity index (χ0) is 12.6. The first-order valence-electron chi connectivity index (χ1n) is 6.20. The van der Waals surface area contributed by atoms with Gasteiger partial charge in [0, 0.05) is 19.8 Å². The number of nitrogens with zero attached hydrogens (tertiary/aromatic N) is 2. The Balaban J connectivity index is 1.56. The molecule has 1 aromatic carbocycles. The van der Waals surface area contributed by atoms with E-state index in [0.717, 1.165) is 31.9 Å². The molecule has 0 bridgehead atoms. The number of aromatic nitrogens is 2. The van der Waals surface area contributed by atoms with Crippen LogP contribution >= 0.6 is 0 Å². The minimum absolute atomic E-state index is 0.738. The minimum Gasteiger partial charge on any atom is -0.494 e. The zero-order valence-corrected chi connectivity index (χ0v) is 10.7. The number of benzene rings is 1. The normalized spacial score (nSPS) is 10.5. The summed E-state index contributed by atoms with van der Waals surface area (Å²) in [5.41, 5.74) is 1.19. The Hall–Kier alpha value is -1.81. The molecule has 0 aliphatic heterocycles. The molecule has 2 aromatic rings. The molecular weight excluding hydrogens is 226 g/mol. The summed E-state index contributed by atoms with van der Waals surface area (Å²) in [6, 6.07) is 9.90.